The van der Waals surface area contributed by atoms with Crippen molar-refractivity contribution in [2.24, 2.45) is 11.3 Å². The van der Waals surface area contributed by atoms with Gasteiger partial charge in [0.25, 0.3) is 0 Å². The Morgan fingerprint density at radius 2 is 2.00 bits per heavy atom. The van der Waals surface area contributed by atoms with Crippen LogP contribution in [0.3, 0.4) is 0 Å². The van der Waals surface area contributed by atoms with Crippen LogP contribution in [0, 0.1) is 11.3 Å². The number of fused-ring (bicyclic) bond motifs is 2. The maximum absolute atomic E-state index is 11.9. The third-order valence-electron chi connectivity index (χ3n) is 4.23. The standard InChI is InChI=1S/C12H18O4/c1-7(13)9-11(2)6-5-8(16-11)12(9,3)10(14)15-4/h8-9H,5-6H2,1-4H3/t8-,9+,11+,12-/m1/s1. The van der Waals surface area contributed by atoms with Crippen LogP contribution in [0.5, 0.6) is 0 Å². The van der Waals surface area contributed by atoms with Crippen molar-refractivity contribution in [2.75, 3.05) is 7.11 Å². The highest BCUT2D eigenvalue weighted by Gasteiger charge is 2.68. The van der Waals surface area contributed by atoms with Crippen LogP contribution in [0.15, 0.2) is 0 Å². The van der Waals surface area contributed by atoms with Gasteiger partial charge < -0.3 is 9.47 Å². The zero-order valence-corrected chi connectivity index (χ0v) is 10.2. The van der Waals surface area contributed by atoms with Crippen molar-refractivity contribution >= 4 is 11.8 Å². The van der Waals surface area contributed by atoms with Crippen LogP contribution >= 0.6 is 0 Å². The Labute approximate surface area is 95.3 Å². The van der Waals surface area contributed by atoms with Crippen molar-refractivity contribution in [1.82, 2.24) is 0 Å². The van der Waals surface area contributed by atoms with Crippen molar-refractivity contribution in [3.05, 3.63) is 0 Å². The molecule has 90 valence electrons. The van der Waals surface area contributed by atoms with Gasteiger partial charge in [-0.25, -0.2) is 0 Å². The minimum absolute atomic E-state index is 0.0117. The molecule has 0 saturated carbocycles. The van der Waals surface area contributed by atoms with Gasteiger partial charge in [-0.2, -0.15) is 0 Å². The van der Waals surface area contributed by atoms with E-state index in [0.717, 1.165) is 12.8 Å². The summed E-state index contributed by atoms with van der Waals surface area (Å²) in [6.07, 6.45) is 1.49. The van der Waals surface area contributed by atoms with E-state index in [0.29, 0.717) is 0 Å². The lowest BCUT2D eigenvalue weighted by Gasteiger charge is -2.37. The molecule has 4 atom stereocenters. The highest BCUT2D eigenvalue weighted by atomic mass is 16.5. The average molecular weight is 226 g/mol. The first-order valence-corrected chi connectivity index (χ1v) is 5.63. The summed E-state index contributed by atoms with van der Waals surface area (Å²) in [5.74, 6) is -0.704. The molecule has 2 heterocycles. The van der Waals surface area contributed by atoms with Crippen molar-refractivity contribution < 1.29 is 19.1 Å². The number of ether oxygens (including phenoxy) is 2. The molecule has 0 radical (unpaired) electrons. The molecule has 2 aliphatic heterocycles. The van der Waals surface area contributed by atoms with E-state index in [1.54, 1.807) is 6.92 Å². The molecular formula is C12H18O4. The van der Waals surface area contributed by atoms with Gasteiger partial charge in [0.2, 0.25) is 0 Å². The number of Topliss-reactive ketones (excluding diaryl/α,β-unsaturated/α-hetero) is 1. The maximum atomic E-state index is 11.9. The monoisotopic (exact) mass is 226 g/mol. The predicted octanol–water partition coefficient (Wildman–Crippen LogP) is 1.32. The van der Waals surface area contributed by atoms with E-state index in [4.69, 9.17) is 9.47 Å². The van der Waals surface area contributed by atoms with Gasteiger partial charge in [-0.15, -0.1) is 0 Å². The fourth-order valence-electron chi connectivity index (χ4n) is 3.64. The van der Waals surface area contributed by atoms with Crippen molar-refractivity contribution in [1.29, 1.82) is 0 Å². The highest BCUT2D eigenvalue weighted by Crippen LogP contribution is 2.58. The number of carbonyl (C=O) groups is 2. The second-order valence-corrected chi connectivity index (χ2v) is 5.28. The van der Waals surface area contributed by atoms with Gasteiger partial charge in [0.05, 0.1) is 24.7 Å². The van der Waals surface area contributed by atoms with E-state index >= 15 is 0 Å². The fourth-order valence-corrected chi connectivity index (χ4v) is 3.64. The van der Waals surface area contributed by atoms with Gasteiger partial charge in [0.15, 0.2) is 0 Å². The summed E-state index contributed by atoms with van der Waals surface area (Å²) in [7, 11) is 1.36. The van der Waals surface area contributed by atoms with Gasteiger partial charge in [0, 0.05) is 0 Å². The summed E-state index contributed by atoms with van der Waals surface area (Å²) in [4.78, 5) is 23.7. The number of esters is 1. The van der Waals surface area contributed by atoms with Crippen LogP contribution in [-0.4, -0.2) is 30.6 Å². The number of rotatable bonds is 2. The largest absolute Gasteiger partial charge is 0.469 e. The fraction of sp³-hybridized carbons (Fsp3) is 0.833. The van der Waals surface area contributed by atoms with Crippen molar-refractivity contribution in [3.8, 4) is 0 Å². The summed E-state index contributed by atoms with van der Waals surface area (Å²) >= 11 is 0. The zero-order valence-electron chi connectivity index (χ0n) is 10.2. The third kappa shape index (κ3) is 1.19. The topological polar surface area (TPSA) is 52.6 Å². The van der Waals surface area contributed by atoms with Crippen molar-refractivity contribution in [2.45, 2.75) is 45.3 Å². The Kier molecular flexibility index (Phi) is 2.38. The molecule has 16 heavy (non-hydrogen) atoms. The number of ketones is 1. The third-order valence-corrected chi connectivity index (χ3v) is 4.23. The van der Waals surface area contributed by atoms with Crippen molar-refractivity contribution in [3.63, 3.8) is 0 Å². The second kappa shape index (κ2) is 3.29. The normalized spacial score (nSPS) is 45.8. The Balaban J connectivity index is 2.45. The molecule has 2 rings (SSSR count). The molecular weight excluding hydrogens is 208 g/mol. The molecule has 2 saturated heterocycles. The van der Waals surface area contributed by atoms with Gasteiger partial charge in [-0.1, -0.05) is 0 Å². The Morgan fingerprint density at radius 1 is 1.38 bits per heavy atom. The van der Waals surface area contributed by atoms with E-state index in [9.17, 15) is 9.59 Å². The molecule has 4 nitrogen and oxygen atoms in total. The van der Waals surface area contributed by atoms with E-state index in [2.05, 4.69) is 0 Å². The molecule has 0 aliphatic carbocycles. The number of carbonyl (C=O) groups excluding carboxylic acids is 2. The minimum atomic E-state index is -0.812. The number of hydrogen-bond acceptors (Lipinski definition) is 4. The maximum Gasteiger partial charge on any atom is 0.315 e. The van der Waals surface area contributed by atoms with E-state index in [1.165, 1.54) is 14.0 Å². The molecule has 0 spiro atoms. The Morgan fingerprint density at radius 3 is 2.50 bits per heavy atom. The summed E-state index contributed by atoms with van der Waals surface area (Å²) in [6, 6.07) is 0. The lowest BCUT2D eigenvalue weighted by Crippen LogP contribution is -2.51. The summed E-state index contributed by atoms with van der Waals surface area (Å²) < 4.78 is 10.7. The first-order valence-electron chi connectivity index (χ1n) is 5.63. The van der Waals surface area contributed by atoms with Gasteiger partial charge in [-0.05, 0) is 33.6 Å². The summed E-state index contributed by atoms with van der Waals surface area (Å²) in [6.45, 7) is 5.24. The highest BCUT2D eigenvalue weighted by molar-refractivity contribution is 5.90. The number of methoxy groups -OCH3 is 1. The molecule has 2 fully saturated rings. The molecule has 2 bridgehead atoms. The van der Waals surface area contributed by atoms with Gasteiger partial charge >= 0.3 is 5.97 Å². The summed E-state index contributed by atoms with van der Waals surface area (Å²) in [5.41, 5.74) is -1.30. The molecule has 0 aromatic heterocycles. The Hall–Kier alpha value is -0.900. The lowest BCUT2D eigenvalue weighted by atomic mass is 9.61. The average Bonchev–Trinajstić information content (AvgIpc) is 2.68. The lowest BCUT2D eigenvalue weighted by molar-refractivity contribution is -0.160. The SMILES string of the molecule is COC(=O)[C@@]1(C)[C@@H](C(C)=O)[C@]2(C)CC[C@H]1O2. The zero-order chi connectivity index (χ0) is 12.1. The molecule has 0 N–H and O–H groups in total. The Bertz CT molecular complexity index is 351. The molecule has 2 aliphatic rings. The molecule has 4 heteroatoms. The molecule has 0 amide bonds. The first kappa shape index (κ1) is 11.6. The second-order valence-electron chi connectivity index (χ2n) is 5.28. The molecule has 0 unspecified atom stereocenters. The van der Waals surface area contributed by atoms with Crippen LogP contribution in [0.25, 0.3) is 0 Å². The van der Waals surface area contributed by atoms with E-state index in [-0.39, 0.29) is 23.8 Å². The summed E-state index contributed by atoms with van der Waals surface area (Å²) in [5, 5.41) is 0. The first-order chi connectivity index (χ1) is 7.36. The van der Waals surface area contributed by atoms with Crippen LogP contribution in [0.4, 0.5) is 0 Å². The molecule has 0 aromatic carbocycles. The number of hydrogen-bond donors (Lipinski definition) is 0. The smallest absolute Gasteiger partial charge is 0.315 e. The van der Waals surface area contributed by atoms with Gasteiger partial charge in [-0.3, -0.25) is 9.59 Å². The van der Waals surface area contributed by atoms with Crippen LogP contribution in [0.2, 0.25) is 0 Å². The van der Waals surface area contributed by atoms with Crippen LogP contribution in [-0.2, 0) is 19.1 Å². The predicted molar refractivity (Wildman–Crippen MR) is 56.8 cm³/mol. The van der Waals surface area contributed by atoms with Crippen LogP contribution in [0.1, 0.15) is 33.6 Å². The van der Waals surface area contributed by atoms with Gasteiger partial charge in [0.1, 0.15) is 11.2 Å². The molecule has 0 aromatic rings. The van der Waals surface area contributed by atoms with Crippen LogP contribution < -0.4 is 0 Å². The van der Waals surface area contributed by atoms with E-state index in [1.807, 2.05) is 6.92 Å². The van der Waals surface area contributed by atoms with E-state index < -0.39 is 11.0 Å². The quantitative estimate of drug-likeness (QED) is 0.666. The minimum Gasteiger partial charge on any atom is -0.469 e.